The molecule has 0 aliphatic carbocycles. The second-order valence-electron chi connectivity index (χ2n) is 6.47. The molecule has 2 heterocycles. The van der Waals surface area contributed by atoms with Crippen molar-refractivity contribution in [3.63, 3.8) is 0 Å². The summed E-state index contributed by atoms with van der Waals surface area (Å²) in [5.74, 6) is 0. The van der Waals surface area contributed by atoms with Crippen molar-refractivity contribution in [1.29, 1.82) is 0 Å². The molecule has 0 amide bonds. The van der Waals surface area contributed by atoms with E-state index in [-0.39, 0.29) is 25.4 Å². The number of fused-ring (bicyclic) bond motifs is 1. The monoisotopic (exact) mass is 516 g/mol. The standard InChI is InChI=1S/C17H8N8O8S2/c26-22(27)8-1-3-12(10(5-8)24(30)31)34-16-14-15(19-7-18-14)17(21-20-16)35-13-4-2-9(23(28)29)6-11(13)25(32)33/h1-7H,(H,18,19). The lowest BCUT2D eigenvalue weighted by Gasteiger charge is -2.06. The smallest absolute Gasteiger partial charge is 0.290 e. The van der Waals surface area contributed by atoms with E-state index in [1.807, 2.05) is 0 Å². The number of non-ortho nitro benzene ring substituents is 2. The Morgan fingerprint density at radius 2 is 1.17 bits per heavy atom. The summed E-state index contributed by atoms with van der Waals surface area (Å²) >= 11 is 1.64. The van der Waals surface area contributed by atoms with Crippen molar-refractivity contribution in [2.75, 3.05) is 0 Å². The Hall–Kier alpha value is -4.71. The van der Waals surface area contributed by atoms with E-state index in [1.54, 1.807) is 0 Å². The molecule has 0 aliphatic rings. The van der Waals surface area contributed by atoms with Crippen LogP contribution in [0, 0.1) is 40.5 Å². The molecule has 4 rings (SSSR count). The predicted molar refractivity (Wildman–Crippen MR) is 119 cm³/mol. The maximum atomic E-state index is 11.4. The minimum absolute atomic E-state index is 0.0607. The van der Waals surface area contributed by atoms with Gasteiger partial charge < -0.3 is 4.98 Å². The lowest BCUT2D eigenvalue weighted by atomic mass is 10.3. The summed E-state index contributed by atoms with van der Waals surface area (Å²) < 4.78 is 0. The number of benzene rings is 2. The molecular formula is C17H8N8O8S2. The Morgan fingerprint density at radius 3 is 1.66 bits per heavy atom. The third kappa shape index (κ3) is 4.68. The largest absolute Gasteiger partial charge is 0.342 e. The first-order valence-electron chi connectivity index (χ1n) is 9.07. The number of nitro groups is 4. The minimum atomic E-state index is -0.761. The number of nitrogens with zero attached hydrogens (tertiary/aromatic N) is 7. The summed E-state index contributed by atoms with van der Waals surface area (Å²) in [6.07, 6.45) is 1.30. The Morgan fingerprint density at radius 1 is 0.686 bits per heavy atom. The van der Waals surface area contributed by atoms with Gasteiger partial charge in [0.25, 0.3) is 22.7 Å². The SMILES string of the molecule is O=[N+]([O-])c1ccc(Sc2nnc(Sc3ccc([N+](=O)[O-])cc3[N+](=O)[O-])c3[nH]cnc23)c([N+](=O)[O-])c1. The van der Waals surface area contributed by atoms with Crippen LogP contribution in [0.4, 0.5) is 22.7 Å². The van der Waals surface area contributed by atoms with Crippen molar-refractivity contribution in [2.24, 2.45) is 0 Å². The number of aromatic amines is 1. The number of hydrogen-bond donors (Lipinski definition) is 1. The van der Waals surface area contributed by atoms with Crippen molar-refractivity contribution >= 4 is 57.3 Å². The molecule has 0 radical (unpaired) electrons. The highest BCUT2D eigenvalue weighted by atomic mass is 32.2. The molecule has 16 nitrogen and oxygen atoms in total. The van der Waals surface area contributed by atoms with E-state index in [1.165, 1.54) is 18.5 Å². The van der Waals surface area contributed by atoms with Gasteiger partial charge in [0.15, 0.2) is 5.03 Å². The van der Waals surface area contributed by atoms with Crippen LogP contribution in [0.15, 0.2) is 62.6 Å². The Balaban J connectivity index is 1.72. The number of aromatic nitrogens is 4. The fourth-order valence-electron chi connectivity index (χ4n) is 2.85. The summed E-state index contributed by atoms with van der Waals surface area (Å²) in [5.41, 5.74) is -1.36. The number of H-pyrrole nitrogens is 1. The molecule has 0 atom stereocenters. The summed E-state index contributed by atoms with van der Waals surface area (Å²) in [4.78, 5) is 48.8. The van der Waals surface area contributed by atoms with Crippen LogP contribution in [0.5, 0.6) is 0 Å². The van der Waals surface area contributed by atoms with Gasteiger partial charge in [-0.3, -0.25) is 40.5 Å². The van der Waals surface area contributed by atoms with Gasteiger partial charge in [0, 0.05) is 12.1 Å². The van der Waals surface area contributed by atoms with Crippen molar-refractivity contribution in [2.45, 2.75) is 19.8 Å². The molecule has 35 heavy (non-hydrogen) atoms. The van der Waals surface area contributed by atoms with Gasteiger partial charge in [-0.2, -0.15) is 0 Å². The zero-order chi connectivity index (χ0) is 25.3. The van der Waals surface area contributed by atoms with Gasteiger partial charge in [-0.15, -0.1) is 10.2 Å². The topological polar surface area (TPSA) is 227 Å². The number of nitrogens with one attached hydrogen (secondary N) is 1. The highest BCUT2D eigenvalue weighted by Crippen LogP contribution is 2.41. The first-order valence-corrected chi connectivity index (χ1v) is 10.7. The number of hydrogen-bond acceptors (Lipinski definition) is 13. The molecule has 0 saturated carbocycles. The highest BCUT2D eigenvalue weighted by molar-refractivity contribution is 8.00. The molecule has 0 bridgehead atoms. The fraction of sp³-hybridized carbons (Fsp3) is 0. The van der Waals surface area contributed by atoms with Crippen LogP contribution in [0.1, 0.15) is 0 Å². The van der Waals surface area contributed by atoms with Crippen LogP contribution in [-0.2, 0) is 0 Å². The first-order chi connectivity index (χ1) is 16.7. The minimum Gasteiger partial charge on any atom is -0.342 e. The Bertz CT molecular complexity index is 1430. The van der Waals surface area contributed by atoms with Gasteiger partial charge in [-0.25, -0.2) is 4.98 Å². The van der Waals surface area contributed by atoms with Crippen LogP contribution in [0.3, 0.4) is 0 Å². The van der Waals surface area contributed by atoms with E-state index < -0.39 is 42.4 Å². The lowest BCUT2D eigenvalue weighted by Crippen LogP contribution is -1.97. The molecule has 2 aromatic carbocycles. The second kappa shape index (κ2) is 9.27. The Labute approximate surface area is 200 Å². The van der Waals surface area contributed by atoms with Gasteiger partial charge in [-0.1, -0.05) is 23.5 Å². The highest BCUT2D eigenvalue weighted by Gasteiger charge is 2.25. The second-order valence-corrected chi connectivity index (χ2v) is 8.53. The van der Waals surface area contributed by atoms with E-state index in [0.29, 0.717) is 5.52 Å². The third-order valence-corrected chi connectivity index (χ3v) is 6.48. The van der Waals surface area contributed by atoms with Gasteiger partial charge in [0.2, 0.25) is 0 Å². The lowest BCUT2D eigenvalue weighted by molar-refractivity contribution is -0.396. The quantitative estimate of drug-likeness (QED) is 0.255. The van der Waals surface area contributed by atoms with Crippen molar-refractivity contribution < 1.29 is 19.7 Å². The molecule has 2 aromatic heterocycles. The zero-order valence-electron chi connectivity index (χ0n) is 16.8. The normalized spacial score (nSPS) is 10.9. The van der Waals surface area contributed by atoms with Crippen LogP contribution < -0.4 is 0 Å². The molecule has 0 fully saturated rings. The van der Waals surface area contributed by atoms with E-state index in [0.717, 1.165) is 47.8 Å². The third-order valence-electron chi connectivity index (χ3n) is 4.40. The molecule has 4 aromatic rings. The maximum Gasteiger partial charge on any atom is 0.290 e. The van der Waals surface area contributed by atoms with Crippen molar-refractivity contribution in [3.05, 3.63) is 83.2 Å². The fourth-order valence-corrected chi connectivity index (χ4v) is 4.69. The number of nitro benzene ring substituents is 4. The molecular weight excluding hydrogens is 508 g/mol. The van der Waals surface area contributed by atoms with Crippen LogP contribution in [0.2, 0.25) is 0 Å². The maximum absolute atomic E-state index is 11.4. The van der Waals surface area contributed by atoms with Crippen LogP contribution >= 0.6 is 23.5 Å². The molecule has 18 heteroatoms. The summed E-state index contributed by atoms with van der Waals surface area (Å²) in [7, 11) is 0. The molecule has 0 spiro atoms. The molecule has 176 valence electrons. The van der Waals surface area contributed by atoms with E-state index >= 15 is 0 Å². The van der Waals surface area contributed by atoms with Crippen molar-refractivity contribution in [1.82, 2.24) is 20.2 Å². The van der Waals surface area contributed by atoms with E-state index in [4.69, 9.17) is 0 Å². The first kappa shape index (κ1) is 23.4. The van der Waals surface area contributed by atoms with Gasteiger partial charge in [0.05, 0.1) is 47.9 Å². The average molecular weight is 516 g/mol. The van der Waals surface area contributed by atoms with Crippen LogP contribution in [0.25, 0.3) is 11.0 Å². The molecule has 1 N–H and O–H groups in total. The molecule has 0 aliphatic heterocycles. The Kier molecular flexibility index (Phi) is 6.21. The molecule has 0 saturated heterocycles. The number of rotatable bonds is 8. The zero-order valence-corrected chi connectivity index (χ0v) is 18.4. The number of imidazole rings is 1. The summed E-state index contributed by atoms with van der Waals surface area (Å²) in [6, 6.07) is 6.32. The predicted octanol–water partition coefficient (Wildman–Crippen LogP) is 4.29. The molecule has 0 unspecified atom stereocenters. The summed E-state index contributed by atoms with van der Waals surface area (Å²) in [6.45, 7) is 0. The van der Waals surface area contributed by atoms with E-state index in [2.05, 4.69) is 20.2 Å². The van der Waals surface area contributed by atoms with Crippen molar-refractivity contribution in [3.8, 4) is 0 Å². The average Bonchev–Trinajstić information content (AvgIpc) is 3.31. The van der Waals surface area contributed by atoms with Crippen LogP contribution in [-0.4, -0.2) is 39.9 Å². The van der Waals surface area contributed by atoms with Gasteiger partial charge in [0.1, 0.15) is 16.1 Å². The van der Waals surface area contributed by atoms with E-state index in [9.17, 15) is 40.5 Å². The van der Waals surface area contributed by atoms with Gasteiger partial charge >= 0.3 is 0 Å². The van der Waals surface area contributed by atoms with Gasteiger partial charge in [-0.05, 0) is 12.1 Å². The summed E-state index contributed by atoms with van der Waals surface area (Å²) in [5, 5.41) is 53.1.